The van der Waals surface area contributed by atoms with Gasteiger partial charge in [-0.2, -0.15) is 11.8 Å². The Morgan fingerprint density at radius 1 is 1.44 bits per heavy atom. The van der Waals surface area contributed by atoms with Crippen molar-refractivity contribution in [3.05, 3.63) is 18.2 Å². The van der Waals surface area contributed by atoms with Crippen LogP contribution >= 0.6 is 11.8 Å². The van der Waals surface area contributed by atoms with Crippen molar-refractivity contribution in [2.75, 3.05) is 6.26 Å². The van der Waals surface area contributed by atoms with E-state index >= 15 is 0 Å². The van der Waals surface area contributed by atoms with Crippen molar-refractivity contribution in [3.8, 4) is 0 Å². The molecule has 1 aliphatic rings. The van der Waals surface area contributed by atoms with E-state index in [4.69, 9.17) is 5.73 Å². The largest absolute Gasteiger partial charge is 0.332 e. The zero-order valence-electron chi connectivity index (χ0n) is 11.7. The Balaban J connectivity index is 2.16. The van der Waals surface area contributed by atoms with Gasteiger partial charge in [0.2, 0.25) is 0 Å². The summed E-state index contributed by atoms with van der Waals surface area (Å²) in [6.45, 7) is 5.40. The summed E-state index contributed by atoms with van der Waals surface area (Å²) in [5.41, 5.74) is 7.46. The van der Waals surface area contributed by atoms with Crippen LogP contribution in [0, 0.1) is 5.92 Å². The van der Waals surface area contributed by atoms with Gasteiger partial charge in [-0.3, -0.25) is 0 Å². The SMILES string of the molecule is CSC1(Cn2cncc2C(N)C(C)C)CCCC1. The van der Waals surface area contributed by atoms with Crippen LogP contribution in [0.2, 0.25) is 0 Å². The molecular weight excluding hydrogens is 242 g/mol. The van der Waals surface area contributed by atoms with E-state index in [9.17, 15) is 0 Å². The summed E-state index contributed by atoms with van der Waals surface area (Å²) in [5, 5.41) is 0. The minimum Gasteiger partial charge on any atom is -0.332 e. The van der Waals surface area contributed by atoms with Crippen LogP contribution in [0.25, 0.3) is 0 Å². The van der Waals surface area contributed by atoms with Crippen molar-refractivity contribution in [1.29, 1.82) is 0 Å². The van der Waals surface area contributed by atoms with Crippen LogP contribution in [0.1, 0.15) is 51.3 Å². The van der Waals surface area contributed by atoms with Gasteiger partial charge in [-0.1, -0.05) is 26.7 Å². The summed E-state index contributed by atoms with van der Waals surface area (Å²) in [5.74, 6) is 0.453. The van der Waals surface area contributed by atoms with E-state index in [1.54, 1.807) is 0 Å². The Morgan fingerprint density at radius 2 is 2.11 bits per heavy atom. The maximum absolute atomic E-state index is 6.27. The predicted octanol–water partition coefficient (Wildman–Crippen LogP) is 3.21. The van der Waals surface area contributed by atoms with Crippen LogP contribution in [0.4, 0.5) is 0 Å². The molecule has 1 aliphatic carbocycles. The normalized spacial score (nSPS) is 20.5. The number of rotatable bonds is 5. The molecule has 1 saturated carbocycles. The lowest BCUT2D eigenvalue weighted by Crippen LogP contribution is -2.29. The van der Waals surface area contributed by atoms with E-state index < -0.39 is 0 Å². The highest BCUT2D eigenvalue weighted by Crippen LogP contribution is 2.42. The van der Waals surface area contributed by atoms with E-state index in [2.05, 4.69) is 29.7 Å². The molecule has 1 atom stereocenters. The third-order valence-corrected chi connectivity index (χ3v) is 5.61. The predicted molar refractivity (Wildman–Crippen MR) is 78.7 cm³/mol. The first-order valence-electron chi connectivity index (χ1n) is 6.89. The molecule has 0 aromatic carbocycles. The number of hydrogen-bond acceptors (Lipinski definition) is 3. The molecule has 1 aromatic rings. The molecule has 0 bridgehead atoms. The number of nitrogens with zero attached hydrogens (tertiary/aromatic N) is 2. The van der Waals surface area contributed by atoms with Crippen LogP contribution in [0.15, 0.2) is 12.5 Å². The molecule has 2 N–H and O–H groups in total. The Bertz CT molecular complexity index is 380. The highest BCUT2D eigenvalue weighted by atomic mass is 32.2. The number of aromatic nitrogens is 2. The maximum atomic E-state index is 6.27. The third-order valence-electron chi connectivity index (χ3n) is 4.21. The molecule has 1 aromatic heterocycles. The Kier molecular flexibility index (Phi) is 4.38. The van der Waals surface area contributed by atoms with Gasteiger partial charge < -0.3 is 10.3 Å². The minimum absolute atomic E-state index is 0.0906. The second-order valence-corrected chi connectivity index (χ2v) is 7.08. The second kappa shape index (κ2) is 5.66. The Morgan fingerprint density at radius 3 is 2.67 bits per heavy atom. The van der Waals surface area contributed by atoms with Crippen molar-refractivity contribution < 1.29 is 0 Å². The fourth-order valence-corrected chi connectivity index (χ4v) is 3.80. The zero-order chi connectivity index (χ0) is 13.2. The number of thioether (sulfide) groups is 1. The van der Waals surface area contributed by atoms with Gasteiger partial charge in [-0.05, 0) is 25.0 Å². The van der Waals surface area contributed by atoms with E-state index in [1.807, 2.05) is 24.3 Å². The van der Waals surface area contributed by atoms with Gasteiger partial charge in [0.25, 0.3) is 0 Å². The van der Waals surface area contributed by atoms with Crippen LogP contribution in [0.5, 0.6) is 0 Å². The molecule has 2 rings (SSSR count). The summed E-state index contributed by atoms with van der Waals surface area (Å²) < 4.78 is 2.69. The van der Waals surface area contributed by atoms with Gasteiger partial charge in [0.1, 0.15) is 0 Å². The molecule has 102 valence electrons. The molecule has 1 heterocycles. The first-order chi connectivity index (χ1) is 8.58. The summed E-state index contributed by atoms with van der Waals surface area (Å²) in [6, 6.07) is 0.0906. The molecule has 4 heteroatoms. The molecule has 3 nitrogen and oxygen atoms in total. The van der Waals surface area contributed by atoms with Crippen LogP contribution < -0.4 is 5.73 Å². The topological polar surface area (TPSA) is 43.8 Å². The van der Waals surface area contributed by atoms with E-state index in [-0.39, 0.29) is 6.04 Å². The van der Waals surface area contributed by atoms with Gasteiger partial charge >= 0.3 is 0 Å². The van der Waals surface area contributed by atoms with Gasteiger partial charge in [-0.15, -0.1) is 0 Å². The van der Waals surface area contributed by atoms with Crippen LogP contribution in [0.3, 0.4) is 0 Å². The third kappa shape index (κ3) is 2.75. The number of imidazole rings is 1. The molecule has 18 heavy (non-hydrogen) atoms. The maximum Gasteiger partial charge on any atom is 0.0949 e. The van der Waals surface area contributed by atoms with E-state index in [1.165, 1.54) is 31.4 Å². The second-order valence-electron chi connectivity index (χ2n) is 5.81. The van der Waals surface area contributed by atoms with Crippen molar-refractivity contribution in [2.45, 2.75) is 56.9 Å². The highest BCUT2D eigenvalue weighted by Gasteiger charge is 2.34. The highest BCUT2D eigenvalue weighted by molar-refractivity contribution is 8.00. The molecule has 0 saturated heterocycles. The molecule has 1 fully saturated rings. The summed E-state index contributed by atoms with van der Waals surface area (Å²) in [6.07, 6.45) is 11.5. The van der Waals surface area contributed by atoms with Crippen molar-refractivity contribution in [1.82, 2.24) is 9.55 Å². The molecule has 1 unspecified atom stereocenters. The fourth-order valence-electron chi connectivity index (χ4n) is 2.84. The average molecular weight is 267 g/mol. The lowest BCUT2D eigenvalue weighted by atomic mass is 10.0. The Labute approximate surface area is 115 Å². The van der Waals surface area contributed by atoms with E-state index in [0.29, 0.717) is 10.7 Å². The summed E-state index contributed by atoms with van der Waals surface area (Å²) in [4.78, 5) is 4.31. The lowest BCUT2D eigenvalue weighted by molar-refractivity contribution is 0.444. The Hall–Kier alpha value is -0.480. The average Bonchev–Trinajstić information content (AvgIpc) is 2.98. The van der Waals surface area contributed by atoms with Crippen molar-refractivity contribution in [3.63, 3.8) is 0 Å². The molecule has 0 radical (unpaired) electrons. The zero-order valence-corrected chi connectivity index (χ0v) is 12.5. The standard InChI is InChI=1S/C14H25N3S/c1-11(2)13(15)12-8-16-10-17(12)9-14(18-3)6-4-5-7-14/h8,10-11,13H,4-7,9,15H2,1-3H3. The minimum atomic E-state index is 0.0906. The van der Waals surface area contributed by atoms with E-state index in [0.717, 1.165) is 6.54 Å². The summed E-state index contributed by atoms with van der Waals surface area (Å²) >= 11 is 2.02. The molecule has 0 amide bonds. The van der Waals surface area contributed by atoms with Crippen molar-refractivity contribution >= 4 is 11.8 Å². The van der Waals surface area contributed by atoms with Gasteiger partial charge in [0, 0.05) is 23.5 Å². The first kappa shape index (κ1) is 13.9. The first-order valence-corrected chi connectivity index (χ1v) is 8.11. The monoisotopic (exact) mass is 267 g/mol. The molecule has 0 aliphatic heterocycles. The fraction of sp³-hybridized carbons (Fsp3) is 0.786. The quantitative estimate of drug-likeness (QED) is 0.891. The lowest BCUT2D eigenvalue weighted by Gasteiger charge is -2.29. The van der Waals surface area contributed by atoms with Gasteiger partial charge in [0.15, 0.2) is 0 Å². The van der Waals surface area contributed by atoms with Gasteiger partial charge in [0.05, 0.1) is 12.0 Å². The van der Waals surface area contributed by atoms with Crippen LogP contribution in [-0.2, 0) is 6.54 Å². The molecular formula is C14H25N3S. The van der Waals surface area contributed by atoms with Crippen molar-refractivity contribution in [2.24, 2.45) is 11.7 Å². The number of nitrogens with two attached hydrogens (primary N) is 1. The number of hydrogen-bond donors (Lipinski definition) is 1. The summed E-state index contributed by atoms with van der Waals surface area (Å²) in [7, 11) is 0. The smallest absolute Gasteiger partial charge is 0.0949 e. The molecule has 0 spiro atoms. The van der Waals surface area contributed by atoms with Gasteiger partial charge in [-0.25, -0.2) is 4.98 Å². The van der Waals surface area contributed by atoms with Crippen LogP contribution in [-0.4, -0.2) is 20.6 Å².